The molecule has 0 saturated heterocycles. The number of nitrogens with zero attached hydrogens (tertiary/aromatic N) is 1. The van der Waals surface area contributed by atoms with Gasteiger partial charge in [-0.2, -0.15) is 8.78 Å². The lowest BCUT2D eigenvalue weighted by atomic mass is 9.75. The van der Waals surface area contributed by atoms with Crippen LogP contribution in [0.5, 0.6) is 0 Å². The average molecular weight is 281 g/mol. The summed E-state index contributed by atoms with van der Waals surface area (Å²) >= 11 is 0. The zero-order valence-corrected chi connectivity index (χ0v) is 11.1. The third-order valence-corrected chi connectivity index (χ3v) is 4.45. The van der Waals surface area contributed by atoms with E-state index < -0.39 is 17.4 Å². The van der Waals surface area contributed by atoms with E-state index in [1.807, 2.05) is 24.3 Å². The topological polar surface area (TPSA) is 40.5 Å². The van der Waals surface area contributed by atoms with Crippen molar-refractivity contribution in [1.29, 1.82) is 0 Å². The predicted molar refractivity (Wildman–Crippen MR) is 69.3 cm³/mol. The lowest BCUT2D eigenvalue weighted by molar-refractivity contribution is -0.224. The van der Waals surface area contributed by atoms with Crippen molar-refractivity contribution in [1.82, 2.24) is 4.90 Å². The van der Waals surface area contributed by atoms with E-state index in [2.05, 4.69) is 0 Å². The van der Waals surface area contributed by atoms with Gasteiger partial charge in [-0.1, -0.05) is 24.3 Å². The molecule has 1 aromatic carbocycles. The van der Waals surface area contributed by atoms with E-state index in [4.69, 9.17) is 0 Å². The van der Waals surface area contributed by atoms with Gasteiger partial charge in [-0.05, 0) is 36.8 Å². The van der Waals surface area contributed by atoms with E-state index in [1.54, 1.807) is 0 Å². The van der Waals surface area contributed by atoms with Gasteiger partial charge in [-0.25, -0.2) is 0 Å². The molecular weight excluding hydrogens is 264 g/mol. The minimum absolute atomic E-state index is 0.00380. The van der Waals surface area contributed by atoms with Gasteiger partial charge in [0.2, 0.25) is 0 Å². The number of carbonyl (C=O) groups is 1. The van der Waals surface area contributed by atoms with Crippen molar-refractivity contribution in [3.63, 3.8) is 0 Å². The molecule has 1 saturated carbocycles. The third kappa shape index (κ3) is 1.92. The van der Waals surface area contributed by atoms with Gasteiger partial charge in [0.15, 0.2) is 0 Å². The molecule has 0 spiro atoms. The maximum Gasteiger partial charge on any atom is 0.352 e. The maximum atomic E-state index is 14.2. The molecule has 3 rings (SSSR count). The Balaban J connectivity index is 1.79. The van der Waals surface area contributed by atoms with E-state index in [0.29, 0.717) is 12.8 Å². The minimum Gasteiger partial charge on any atom is -0.383 e. The molecule has 1 aromatic rings. The zero-order valence-electron chi connectivity index (χ0n) is 11.1. The Morgan fingerprint density at radius 3 is 2.50 bits per heavy atom. The summed E-state index contributed by atoms with van der Waals surface area (Å²) < 4.78 is 28.3. The highest BCUT2D eigenvalue weighted by atomic mass is 19.3. The highest BCUT2D eigenvalue weighted by molar-refractivity contribution is 5.85. The summed E-state index contributed by atoms with van der Waals surface area (Å²) in [5.74, 6) is -4.92. The molecular formula is C15H17F2NO2. The average Bonchev–Trinajstić information content (AvgIpc) is 2.43. The number of amides is 1. The van der Waals surface area contributed by atoms with Crippen LogP contribution in [0.25, 0.3) is 0 Å². The van der Waals surface area contributed by atoms with Crippen LogP contribution in [0.4, 0.5) is 8.78 Å². The summed E-state index contributed by atoms with van der Waals surface area (Å²) in [6.45, 7) is 0.474. The van der Waals surface area contributed by atoms with Crippen molar-refractivity contribution in [3.8, 4) is 0 Å². The largest absolute Gasteiger partial charge is 0.383 e. The number of aliphatic hydroxyl groups is 1. The van der Waals surface area contributed by atoms with Gasteiger partial charge in [0, 0.05) is 13.1 Å². The standard InChI is InChI=1S/C15H17F2NO2/c16-15(17,14(20)7-3-8-14)13(19)18-9-6-11-4-1-2-5-12(11)10-18/h1-2,4-5,20H,3,6-10H2. The molecule has 0 unspecified atom stereocenters. The fourth-order valence-corrected chi connectivity index (χ4v) is 2.89. The van der Waals surface area contributed by atoms with Gasteiger partial charge in [-0.15, -0.1) is 0 Å². The van der Waals surface area contributed by atoms with E-state index in [9.17, 15) is 18.7 Å². The summed E-state index contributed by atoms with van der Waals surface area (Å²) in [5, 5.41) is 9.84. The number of hydrogen-bond acceptors (Lipinski definition) is 2. The first-order valence-corrected chi connectivity index (χ1v) is 6.90. The molecule has 0 aromatic heterocycles. The Morgan fingerprint density at radius 1 is 1.25 bits per heavy atom. The van der Waals surface area contributed by atoms with Crippen LogP contribution in [0.2, 0.25) is 0 Å². The van der Waals surface area contributed by atoms with E-state index in [1.165, 1.54) is 4.90 Å². The Labute approximate surface area is 116 Å². The van der Waals surface area contributed by atoms with Gasteiger partial charge in [0.05, 0.1) is 0 Å². The molecule has 1 heterocycles. The van der Waals surface area contributed by atoms with E-state index in [0.717, 1.165) is 11.1 Å². The molecule has 2 aliphatic rings. The van der Waals surface area contributed by atoms with Crippen molar-refractivity contribution >= 4 is 5.91 Å². The molecule has 1 amide bonds. The smallest absolute Gasteiger partial charge is 0.352 e. The van der Waals surface area contributed by atoms with Gasteiger partial charge in [0.25, 0.3) is 5.91 Å². The summed E-state index contributed by atoms with van der Waals surface area (Å²) in [6.07, 6.45) is 1.12. The van der Waals surface area contributed by atoms with Crippen LogP contribution in [0.1, 0.15) is 30.4 Å². The van der Waals surface area contributed by atoms with Crippen molar-refractivity contribution in [2.45, 2.75) is 43.8 Å². The summed E-state index contributed by atoms with van der Waals surface area (Å²) in [5.41, 5.74) is -0.133. The lowest BCUT2D eigenvalue weighted by Crippen LogP contribution is -2.61. The highest BCUT2D eigenvalue weighted by Crippen LogP contribution is 2.45. The number of hydrogen-bond donors (Lipinski definition) is 1. The van der Waals surface area contributed by atoms with Crippen LogP contribution in [0.15, 0.2) is 24.3 Å². The van der Waals surface area contributed by atoms with Crippen LogP contribution in [-0.4, -0.2) is 34.0 Å². The van der Waals surface area contributed by atoms with Gasteiger partial charge >= 0.3 is 5.92 Å². The SMILES string of the molecule is O=C(N1CCc2ccccc2C1)C(F)(F)C1(O)CCC1. The third-order valence-electron chi connectivity index (χ3n) is 4.45. The fourth-order valence-electron chi connectivity index (χ4n) is 2.89. The van der Waals surface area contributed by atoms with Crippen LogP contribution in [-0.2, 0) is 17.8 Å². The monoisotopic (exact) mass is 281 g/mol. The van der Waals surface area contributed by atoms with E-state index in [-0.39, 0.29) is 25.9 Å². The van der Waals surface area contributed by atoms with Crippen LogP contribution < -0.4 is 0 Å². The number of benzene rings is 1. The highest BCUT2D eigenvalue weighted by Gasteiger charge is 2.62. The van der Waals surface area contributed by atoms with E-state index >= 15 is 0 Å². The quantitative estimate of drug-likeness (QED) is 0.902. The normalized spacial score (nSPS) is 21.1. The minimum atomic E-state index is -3.68. The van der Waals surface area contributed by atoms with Crippen LogP contribution >= 0.6 is 0 Å². The first-order valence-electron chi connectivity index (χ1n) is 6.90. The molecule has 1 N–H and O–H groups in total. The fraction of sp³-hybridized carbons (Fsp3) is 0.533. The predicted octanol–water partition coefficient (Wildman–Crippen LogP) is 2.12. The number of alkyl halides is 2. The molecule has 108 valence electrons. The Kier molecular flexibility index (Phi) is 3.05. The van der Waals surface area contributed by atoms with Crippen molar-refractivity contribution in [3.05, 3.63) is 35.4 Å². The second-order valence-corrected chi connectivity index (χ2v) is 5.70. The second-order valence-electron chi connectivity index (χ2n) is 5.70. The van der Waals surface area contributed by atoms with Crippen molar-refractivity contribution in [2.75, 3.05) is 6.54 Å². The van der Waals surface area contributed by atoms with Crippen LogP contribution in [0.3, 0.4) is 0 Å². The molecule has 1 aliphatic carbocycles. The molecule has 1 fully saturated rings. The molecule has 5 heteroatoms. The molecule has 3 nitrogen and oxygen atoms in total. The Bertz CT molecular complexity index is 540. The van der Waals surface area contributed by atoms with Gasteiger partial charge in [-0.3, -0.25) is 4.79 Å². The maximum absolute atomic E-state index is 14.2. The summed E-state index contributed by atoms with van der Waals surface area (Å²) in [6, 6.07) is 7.55. The second kappa shape index (κ2) is 4.52. The van der Waals surface area contributed by atoms with Crippen molar-refractivity contribution < 1.29 is 18.7 Å². The van der Waals surface area contributed by atoms with Gasteiger partial charge < -0.3 is 10.0 Å². The summed E-state index contributed by atoms with van der Waals surface area (Å²) in [7, 11) is 0. The Hall–Kier alpha value is -1.49. The zero-order chi connectivity index (χ0) is 14.4. The number of rotatable bonds is 2. The lowest BCUT2D eigenvalue weighted by Gasteiger charge is -2.43. The molecule has 0 atom stereocenters. The Morgan fingerprint density at radius 2 is 1.90 bits per heavy atom. The first kappa shape index (κ1) is 13.5. The molecule has 1 aliphatic heterocycles. The van der Waals surface area contributed by atoms with Gasteiger partial charge in [0.1, 0.15) is 5.60 Å². The number of halogens is 2. The molecule has 0 bridgehead atoms. The first-order chi connectivity index (χ1) is 9.44. The number of carbonyl (C=O) groups excluding carboxylic acids is 1. The van der Waals surface area contributed by atoms with Crippen LogP contribution in [0, 0.1) is 0 Å². The van der Waals surface area contributed by atoms with Crippen molar-refractivity contribution in [2.24, 2.45) is 0 Å². The molecule has 0 radical (unpaired) electrons. The summed E-state index contributed by atoms with van der Waals surface area (Å²) in [4.78, 5) is 13.3. The number of fused-ring (bicyclic) bond motifs is 1. The molecule has 20 heavy (non-hydrogen) atoms.